The van der Waals surface area contributed by atoms with Crippen molar-refractivity contribution in [2.75, 3.05) is 12.9 Å². The number of hydrogen-bond acceptors (Lipinski definition) is 6. The quantitative estimate of drug-likeness (QED) is 0.599. The largest absolute Gasteiger partial charge is 0.490 e. The number of ether oxygens (including phenoxy) is 1. The SMILES string of the molecule is COc1ccc(CS(=O)(=O)CCC(C)N)cc1[N+](=O)[O-]. The molecule has 0 bridgehead atoms. The van der Waals surface area contributed by atoms with Gasteiger partial charge in [0.2, 0.25) is 0 Å². The average molecular weight is 302 g/mol. The summed E-state index contributed by atoms with van der Waals surface area (Å²) < 4.78 is 28.6. The van der Waals surface area contributed by atoms with E-state index in [1.54, 1.807) is 6.92 Å². The summed E-state index contributed by atoms with van der Waals surface area (Å²) in [4.78, 5) is 10.3. The molecule has 1 aromatic carbocycles. The molecule has 0 amide bonds. The lowest BCUT2D eigenvalue weighted by Crippen LogP contribution is -2.20. The molecule has 1 aromatic rings. The number of sulfone groups is 1. The van der Waals surface area contributed by atoms with E-state index in [1.807, 2.05) is 0 Å². The summed E-state index contributed by atoms with van der Waals surface area (Å²) in [6.45, 7) is 1.73. The number of rotatable bonds is 7. The molecule has 0 aliphatic rings. The van der Waals surface area contributed by atoms with E-state index in [4.69, 9.17) is 10.5 Å². The van der Waals surface area contributed by atoms with Gasteiger partial charge in [-0.05, 0) is 25.0 Å². The van der Waals surface area contributed by atoms with Crippen LogP contribution in [0.3, 0.4) is 0 Å². The Bertz CT molecular complexity index is 584. The van der Waals surface area contributed by atoms with Crippen LogP contribution in [0.1, 0.15) is 18.9 Å². The number of nitro benzene ring substituents is 1. The zero-order valence-corrected chi connectivity index (χ0v) is 12.2. The van der Waals surface area contributed by atoms with Crippen molar-refractivity contribution in [3.05, 3.63) is 33.9 Å². The van der Waals surface area contributed by atoms with Gasteiger partial charge < -0.3 is 10.5 Å². The van der Waals surface area contributed by atoms with Crippen LogP contribution in [-0.4, -0.2) is 32.2 Å². The van der Waals surface area contributed by atoms with Gasteiger partial charge in [0.1, 0.15) is 0 Å². The highest BCUT2D eigenvalue weighted by atomic mass is 32.2. The first-order valence-corrected chi connectivity index (χ1v) is 7.84. The van der Waals surface area contributed by atoms with Crippen molar-refractivity contribution in [2.45, 2.75) is 25.1 Å². The van der Waals surface area contributed by atoms with Crippen LogP contribution in [0.2, 0.25) is 0 Å². The lowest BCUT2D eigenvalue weighted by molar-refractivity contribution is -0.385. The van der Waals surface area contributed by atoms with Crippen LogP contribution < -0.4 is 10.5 Å². The van der Waals surface area contributed by atoms with Gasteiger partial charge >= 0.3 is 5.69 Å². The van der Waals surface area contributed by atoms with Crippen molar-refractivity contribution in [1.29, 1.82) is 0 Å². The molecule has 8 heteroatoms. The normalized spacial score (nSPS) is 12.9. The van der Waals surface area contributed by atoms with Crippen LogP contribution in [0.4, 0.5) is 5.69 Å². The van der Waals surface area contributed by atoms with E-state index in [9.17, 15) is 18.5 Å². The van der Waals surface area contributed by atoms with Crippen LogP contribution >= 0.6 is 0 Å². The van der Waals surface area contributed by atoms with E-state index in [-0.39, 0.29) is 29.0 Å². The number of nitrogens with two attached hydrogens (primary N) is 1. The Kier molecular flexibility index (Phi) is 5.46. The maximum Gasteiger partial charge on any atom is 0.311 e. The summed E-state index contributed by atoms with van der Waals surface area (Å²) in [6.07, 6.45) is 0.362. The second kappa shape index (κ2) is 6.67. The van der Waals surface area contributed by atoms with Gasteiger partial charge in [0, 0.05) is 12.1 Å². The first kappa shape index (κ1) is 16.4. The Labute approximate surface area is 117 Å². The molecule has 0 fully saturated rings. The zero-order chi connectivity index (χ0) is 15.3. The van der Waals surface area contributed by atoms with E-state index in [2.05, 4.69) is 0 Å². The zero-order valence-electron chi connectivity index (χ0n) is 11.4. The van der Waals surface area contributed by atoms with Crippen LogP contribution in [0.25, 0.3) is 0 Å². The Hall–Kier alpha value is -1.67. The Morgan fingerprint density at radius 3 is 2.60 bits per heavy atom. The topological polar surface area (TPSA) is 113 Å². The highest BCUT2D eigenvalue weighted by molar-refractivity contribution is 7.90. The van der Waals surface area contributed by atoms with E-state index < -0.39 is 14.8 Å². The predicted octanol–water partition coefficient (Wildman–Crippen LogP) is 1.26. The minimum atomic E-state index is -3.34. The van der Waals surface area contributed by atoms with Gasteiger partial charge in [0.05, 0.1) is 23.5 Å². The molecular formula is C12H18N2O5S. The summed E-state index contributed by atoms with van der Waals surface area (Å²) in [6, 6.07) is 3.93. The van der Waals surface area contributed by atoms with Gasteiger partial charge in [-0.25, -0.2) is 8.42 Å². The molecule has 0 saturated carbocycles. The fraction of sp³-hybridized carbons (Fsp3) is 0.500. The molecule has 1 rings (SSSR count). The third-order valence-electron chi connectivity index (χ3n) is 2.71. The number of nitro groups is 1. The van der Waals surface area contributed by atoms with Gasteiger partial charge in [0.25, 0.3) is 0 Å². The third kappa shape index (κ3) is 4.78. The van der Waals surface area contributed by atoms with E-state index in [0.717, 1.165) is 0 Å². The fourth-order valence-corrected chi connectivity index (χ4v) is 3.22. The van der Waals surface area contributed by atoms with Crippen LogP contribution in [0, 0.1) is 10.1 Å². The standard InChI is InChI=1S/C12H18N2O5S/c1-9(13)5-6-20(17,18)8-10-3-4-12(19-2)11(7-10)14(15)16/h3-4,7,9H,5-6,8,13H2,1-2H3. The number of methoxy groups -OCH3 is 1. The molecule has 0 aromatic heterocycles. The third-order valence-corrected chi connectivity index (χ3v) is 4.34. The van der Waals surface area contributed by atoms with Gasteiger partial charge in [-0.2, -0.15) is 0 Å². The second-order valence-electron chi connectivity index (χ2n) is 4.62. The van der Waals surface area contributed by atoms with Gasteiger partial charge in [0.15, 0.2) is 15.6 Å². The monoisotopic (exact) mass is 302 g/mol. The van der Waals surface area contributed by atoms with Crippen molar-refractivity contribution in [3.8, 4) is 5.75 Å². The number of benzene rings is 1. The molecule has 0 aliphatic heterocycles. The molecule has 0 aliphatic carbocycles. The Balaban J connectivity index is 2.93. The van der Waals surface area contributed by atoms with Crippen molar-refractivity contribution in [2.24, 2.45) is 5.73 Å². The molecule has 1 atom stereocenters. The summed E-state index contributed by atoms with van der Waals surface area (Å²) in [5, 5.41) is 10.9. The highest BCUT2D eigenvalue weighted by Crippen LogP contribution is 2.28. The second-order valence-corrected chi connectivity index (χ2v) is 6.81. The first-order valence-electron chi connectivity index (χ1n) is 6.02. The van der Waals surface area contributed by atoms with Gasteiger partial charge in [-0.15, -0.1) is 0 Å². The molecule has 112 valence electrons. The number of hydrogen-bond donors (Lipinski definition) is 1. The average Bonchev–Trinajstić information content (AvgIpc) is 2.36. The fourth-order valence-electron chi connectivity index (χ4n) is 1.66. The lowest BCUT2D eigenvalue weighted by Gasteiger charge is -2.08. The van der Waals surface area contributed by atoms with E-state index in [1.165, 1.54) is 25.3 Å². The van der Waals surface area contributed by atoms with E-state index >= 15 is 0 Å². The van der Waals surface area contributed by atoms with Crippen LogP contribution in [0.15, 0.2) is 18.2 Å². The molecule has 2 N–H and O–H groups in total. The van der Waals surface area contributed by atoms with Gasteiger partial charge in [-0.3, -0.25) is 10.1 Å². The molecular weight excluding hydrogens is 284 g/mol. The minimum absolute atomic E-state index is 0.0372. The van der Waals surface area contributed by atoms with Gasteiger partial charge in [-0.1, -0.05) is 6.07 Å². The molecule has 1 unspecified atom stereocenters. The summed E-state index contributed by atoms with van der Waals surface area (Å²) in [5.41, 5.74) is 5.64. The van der Waals surface area contributed by atoms with Crippen LogP contribution in [0.5, 0.6) is 5.75 Å². The Morgan fingerprint density at radius 1 is 1.45 bits per heavy atom. The molecule has 20 heavy (non-hydrogen) atoms. The van der Waals surface area contributed by atoms with Crippen molar-refractivity contribution >= 4 is 15.5 Å². The lowest BCUT2D eigenvalue weighted by atomic mass is 10.2. The van der Waals surface area contributed by atoms with Crippen molar-refractivity contribution in [1.82, 2.24) is 0 Å². The number of nitrogens with zero attached hydrogens (tertiary/aromatic N) is 1. The summed E-state index contributed by atoms with van der Waals surface area (Å²) >= 11 is 0. The molecule has 0 heterocycles. The smallest absolute Gasteiger partial charge is 0.311 e. The molecule has 0 saturated heterocycles. The minimum Gasteiger partial charge on any atom is -0.490 e. The van der Waals surface area contributed by atoms with Crippen molar-refractivity contribution < 1.29 is 18.1 Å². The molecule has 0 spiro atoms. The first-order chi connectivity index (χ1) is 9.25. The van der Waals surface area contributed by atoms with Crippen LogP contribution in [-0.2, 0) is 15.6 Å². The highest BCUT2D eigenvalue weighted by Gasteiger charge is 2.19. The molecule has 7 nitrogen and oxygen atoms in total. The summed E-state index contributed by atoms with van der Waals surface area (Å²) in [5.74, 6) is -0.179. The maximum atomic E-state index is 11.9. The Morgan fingerprint density at radius 2 is 2.10 bits per heavy atom. The van der Waals surface area contributed by atoms with E-state index in [0.29, 0.717) is 12.0 Å². The maximum absolute atomic E-state index is 11.9. The predicted molar refractivity (Wildman–Crippen MR) is 75.4 cm³/mol. The summed E-state index contributed by atoms with van der Waals surface area (Å²) in [7, 11) is -2.01. The van der Waals surface area contributed by atoms with Crippen molar-refractivity contribution in [3.63, 3.8) is 0 Å². The molecule has 0 radical (unpaired) electrons.